The maximum absolute atomic E-state index is 15.3. The number of fused-ring (bicyclic) bond motifs is 1. The molecule has 1 unspecified atom stereocenters. The SMILES string of the molecule is COc1cnn(-c2ccc(-c3nccc4c(Cl)c(C5(C)CS(=O)(=O)N(C)C(N)=N5)sc34)c(F)c2)c1. The molecule has 1 aliphatic heterocycles. The standard InChI is InChI=1S/C22H20ClFN6O3S2/c1-22(11-35(31,32)29(2)21(25)28-22)20-17(23)15-6-7-26-18(19(15)34-20)14-5-4-12(8-16(14)24)30-10-13(33-3)9-27-30/h4-10H,11H2,1-3H3,(H2,25,28). The molecular formula is C22H20ClFN6O3S2. The molecule has 0 amide bonds. The molecule has 0 fully saturated rings. The van der Waals surface area contributed by atoms with Gasteiger partial charge in [0.2, 0.25) is 16.0 Å². The molecule has 0 spiro atoms. The number of hydrogen-bond acceptors (Lipinski definition) is 8. The van der Waals surface area contributed by atoms with Gasteiger partial charge in [-0.05, 0) is 25.1 Å². The Morgan fingerprint density at radius 1 is 1.31 bits per heavy atom. The van der Waals surface area contributed by atoms with Crippen molar-refractivity contribution >= 4 is 49.0 Å². The molecule has 4 heterocycles. The van der Waals surface area contributed by atoms with Gasteiger partial charge in [-0.3, -0.25) is 4.98 Å². The number of benzene rings is 1. The molecule has 1 aliphatic rings. The van der Waals surface area contributed by atoms with Crippen LogP contribution in [0.1, 0.15) is 11.8 Å². The highest BCUT2D eigenvalue weighted by molar-refractivity contribution is 7.89. The van der Waals surface area contributed by atoms with Gasteiger partial charge in [0.15, 0.2) is 5.75 Å². The number of guanidine groups is 1. The summed E-state index contributed by atoms with van der Waals surface area (Å²) in [7, 11) is -0.806. The van der Waals surface area contributed by atoms with E-state index in [9.17, 15) is 8.42 Å². The quantitative estimate of drug-likeness (QED) is 0.426. The topological polar surface area (TPSA) is 116 Å². The summed E-state index contributed by atoms with van der Waals surface area (Å²) >= 11 is 7.95. The van der Waals surface area contributed by atoms with Gasteiger partial charge < -0.3 is 10.5 Å². The van der Waals surface area contributed by atoms with Gasteiger partial charge in [-0.1, -0.05) is 11.6 Å². The minimum Gasteiger partial charge on any atom is -0.493 e. The number of hydrogen-bond donors (Lipinski definition) is 1. The highest BCUT2D eigenvalue weighted by Crippen LogP contribution is 2.47. The van der Waals surface area contributed by atoms with Crippen molar-refractivity contribution in [2.45, 2.75) is 12.5 Å². The second kappa shape index (κ2) is 8.18. The van der Waals surface area contributed by atoms with Gasteiger partial charge in [0, 0.05) is 30.3 Å². The van der Waals surface area contributed by atoms with Crippen molar-refractivity contribution in [3.63, 3.8) is 0 Å². The number of nitrogens with zero attached hydrogens (tertiary/aromatic N) is 5. The van der Waals surface area contributed by atoms with Crippen molar-refractivity contribution < 1.29 is 17.5 Å². The molecule has 0 bridgehead atoms. The molecule has 182 valence electrons. The lowest BCUT2D eigenvalue weighted by Gasteiger charge is -2.33. The Bertz CT molecular complexity index is 1620. The molecule has 5 rings (SSSR count). The van der Waals surface area contributed by atoms with Crippen LogP contribution in [0.25, 0.3) is 27.0 Å². The zero-order valence-corrected chi connectivity index (χ0v) is 21.2. The van der Waals surface area contributed by atoms with Crippen LogP contribution in [0.15, 0.2) is 47.8 Å². The lowest BCUT2D eigenvalue weighted by atomic mass is 10.0. The summed E-state index contributed by atoms with van der Waals surface area (Å²) in [5.74, 6) is -0.376. The Labute approximate surface area is 209 Å². The maximum atomic E-state index is 15.3. The molecule has 0 saturated carbocycles. The van der Waals surface area contributed by atoms with Crippen LogP contribution in [-0.2, 0) is 15.6 Å². The molecule has 3 aromatic heterocycles. The predicted molar refractivity (Wildman–Crippen MR) is 134 cm³/mol. The fourth-order valence-electron chi connectivity index (χ4n) is 3.99. The van der Waals surface area contributed by atoms with Crippen molar-refractivity contribution in [3.05, 3.63) is 58.6 Å². The molecule has 4 aromatic rings. The lowest BCUT2D eigenvalue weighted by Crippen LogP contribution is -2.50. The van der Waals surface area contributed by atoms with Gasteiger partial charge in [-0.2, -0.15) is 5.10 Å². The second-order valence-corrected chi connectivity index (χ2v) is 11.6. The first-order chi connectivity index (χ1) is 16.5. The van der Waals surface area contributed by atoms with Crippen LogP contribution in [0.3, 0.4) is 0 Å². The van der Waals surface area contributed by atoms with E-state index in [4.69, 9.17) is 22.1 Å². The zero-order chi connectivity index (χ0) is 25.1. The van der Waals surface area contributed by atoms with Crippen LogP contribution in [0.2, 0.25) is 5.02 Å². The van der Waals surface area contributed by atoms with Gasteiger partial charge in [0.1, 0.15) is 11.4 Å². The number of rotatable bonds is 4. The Hall–Kier alpha value is -3.22. The Morgan fingerprint density at radius 2 is 2.09 bits per heavy atom. The van der Waals surface area contributed by atoms with Crippen molar-refractivity contribution in [1.29, 1.82) is 0 Å². The Morgan fingerprint density at radius 3 is 2.74 bits per heavy atom. The number of pyridine rings is 1. The van der Waals surface area contributed by atoms with Crippen molar-refractivity contribution in [1.82, 2.24) is 19.1 Å². The number of aliphatic imine (C=N–C) groups is 1. The summed E-state index contributed by atoms with van der Waals surface area (Å²) < 4.78 is 48.8. The summed E-state index contributed by atoms with van der Waals surface area (Å²) in [4.78, 5) is 9.38. The summed E-state index contributed by atoms with van der Waals surface area (Å²) in [6.45, 7) is 1.67. The third-order valence-electron chi connectivity index (χ3n) is 5.87. The van der Waals surface area contributed by atoms with E-state index in [0.717, 1.165) is 4.31 Å². The lowest BCUT2D eigenvalue weighted by molar-refractivity contribution is 0.414. The number of thiophene rings is 1. The number of aromatic nitrogens is 3. The molecule has 35 heavy (non-hydrogen) atoms. The van der Waals surface area contributed by atoms with E-state index in [0.29, 0.717) is 37.1 Å². The van der Waals surface area contributed by atoms with Crippen LogP contribution in [0, 0.1) is 5.82 Å². The second-order valence-electron chi connectivity index (χ2n) is 8.24. The van der Waals surface area contributed by atoms with E-state index in [1.807, 2.05) is 0 Å². The van der Waals surface area contributed by atoms with Crippen LogP contribution in [0.5, 0.6) is 5.75 Å². The molecule has 2 N–H and O–H groups in total. The predicted octanol–water partition coefficient (Wildman–Crippen LogP) is 3.76. The Kier molecular flexibility index (Phi) is 5.49. The van der Waals surface area contributed by atoms with Crippen LogP contribution in [0.4, 0.5) is 4.39 Å². The highest BCUT2D eigenvalue weighted by Gasteiger charge is 2.43. The molecule has 1 atom stereocenters. The van der Waals surface area contributed by atoms with Crippen LogP contribution in [-0.4, -0.2) is 53.4 Å². The summed E-state index contributed by atoms with van der Waals surface area (Å²) in [5, 5.41) is 5.14. The molecule has 0 saturated heterocycles. The van der Waals surface area contributed by atoms with Gasteiger partial charge in [0.25, 0.3) is 0 Å². The van der Waals surface area contributed by atoms with Crippen molar-refractivity contribution in [3.8, 4) is 22.7 Å². The third kappa shape index (κ3) is 3.81. The average Bonchev–Trinajstić information content (AvgIpc) is 3.42. The summed E-state index contributed by atoms with van der Waals surface area (Å²) in [6, 6.07) is 6.40. The smallest absolute Gasteiger partial charge is 0.239 e. The van der Waals surface area contributed by atoms with Gasteiger partial charge >= 0.3 is 0 Å². The van der Waals surface area contributed by atoms with E-state index < -0.39 is 21.4 Å². The normalized spacial score (nSPS) is 19.7. The minimum absolute atomic E-state index is 0.123. The monoisotopic (exact) mass is 534 g/mol. The third-order valence-corrected chi connectivity index (χ3v) is 9.78. The fraction of sp³-hybridized carbons (Fsp3) is 0.227. The van der Waals surface area contributed by atoms with E-state index in [1.165, 1.54) is 48.6 Å². The molecule has 0 aliphatic carbocycles. The van der Waals surface area contributed by atoms with Gasteiger partial charge in [-0.25, -0.2) is 26.8 Å². The average molecular weight is 535 g/mol. The van der Waals surface area contributed by atoms with Crippen molar-refractivity contribution in [2.24, 2.45) is 10.7 Å². The molecule has 9 nitrogen and oxygen atoms in total. The zero-order valence-electron chi connectivity index (χ0n) is 18.9. The number of sulfonamides is 1. The minimum atomic E-state index is -3.69. The number of halogens is 2. The summed E-state index contributed by atoms with van der Waals surface area (Å²) in [5.41, 5.74) is 5.88. The maximum Gasteiger partial charge on any atom is 0.239 e. The molecular weight excluding hydrogens is 515 g/mol. The highest BCUT2D eigenvalue weighted by atomic mass is 35.5. The van der Waals surface area contributed by atoms with Gasteiger partial charge in [-0.15, -0.1) is 11.3 Å². The van der Waals surface area contributed by atoms with Crippen LogP contribution >= 0.6 is 22.9 Å². The first kappa shape index (κ1) is 23.5. The first-order valence-electron chi connectivity index (χ1n) is 10.3. The van der Waals surface area contributed by atoms with E-state index >= 15 is 4.39 Å². The summed E-state index contributed by atoms with van der Waals surface area (Å²) in [6.07, 6.45) is 4.71. The number of nitrogens with two attached hydrogens (primary N) is 1. The molecule has 0 radical (unpaired) electrons. The first-order valence-corrected chi connectivity index (χ1v) is 13.1. The Balaban J connectivity index is 1.63. The van der Waals surface area contributed by atoms with Crippen molar-refractivity contribution in [2.75, 3.05) is 19.9 Å². The van der Waals surface area contributed by atoms with Gasteiger partial charge in [0.05, 0.1) is 51.2 Å². The largest absolute Gasteiger partial charge is 0.493 e. The van der Waals surface area contributed by atoms with E-state index in [2.05, 4.69) is 15.1 Å². The van der Waals surface area contributed by atoms with Crippen LogP contribution < -0.4 is 10.5 Å². The fourth-order valence-corrected chi connectivity index (χ4v) is 7.33. The van der Waals surface area contributed by atoms with E-state index in [-0.39, 0.29) is 17.3 Å². The molecule has 13 heteroatoms. The number of ether oxygens (including phenoxy) is 1. The van der Waals surface area contributed by atoms with E-state index in [1.54, 1.807) is 31.3 Å². The molecule has 1 aromatic carbocycles. The number of methoxy groups -OCH3 is 1.